The van der Waals surface area contributed by atoms with Crippen molar-refractivity contribution >= 4 is 17.5 Å². The summed E-state index contributed by atoms with van der Waals surface area (Å²) in [5.41, 5.74) is -0.834. The van der Waals surface area contributed by atoms with Crippen molar-refractivity contribution in [1.82, 2.24) is 14.9 Å². The standard InChI is InChI=1S/C17H20F3N5O/c18-17(19,20)13-3-1-2-4-14(13)23-16-22-6-5-15(24-16)21-7-8-25-9-11-26-12-10-25/h1-6H,7-12H2,(H2,21,22,23,24). The summed E-state index contributed by atoms with van der Waals surface area (Å²) in [5.74, 6) is 0.665. The molecule has 0 aliphatic carbocycles. The molecule has 6 nitrogen and oxygen atoms in total. The van der Waals surface area contributed by atoms with E-state index in [1.54, 1.807) is 6.07 Å². The molecule has 140 valence electrons. The SMILES string of the molecule is FC(F)(F)c1ccccc1Nc1nccc(NCCN2CCOCC2)n1. The second-order valence-electron chi connectivity index (χ2n) is 5.81. The number of nitrogens with zero attached hydrogens (tertiary/aromatic N) is 3. The van der Waals surface area contributed by atoms with Crippen LogP contribution in [0.5, 0.6) is 0 Å². The van der Waals surface area contributed by atoms with Gasteiger partial charge >= 0.3 is 6.18 Å². The lowest BCUT2D eigenvalue weighted by atomic mass is 10.1. The molecule has 1 fully saturated rings. The van der Waals surface area contributed by atoms with Gasteiger partial charge in [-0.3, -0.25) is 4.90 Å². The number of nitrogens with one attached hydrogen (secondary N) is 2. The normalized spacial score (nSPS) is 15.7. The van der Waals surface area contributed by atoms with Crippen LogP contribution in [0.3, 0.4) is 0 Å². The fourth-order valence-electron chi connectivity index (χ4n) is 2.64. The first-order valence-electron chi connectivity index (χ1n) is 8.32. The molecule has 26 heavy (non-hydrogen) atoms. The maximum atomic E-state index is 13.1. The van der Waals surface area contributed by atoms with Gasteiger partial charge in [0.05, 0.1) is 24.5 Å². The maximum Gasteiger partial charge on any atom is 0.418 e. The summed E-state index contributed by atoms with van der Waals surface area (Å²) in [6, 6.07) is 6.93. The van der Waals surface area contributed by atoms with E-state index in [0.29, 0.717) is 12.4 Å². The number of aromatic nitrogens is 2. The molecule has 0 bridgehead atoms. The minimum Gasteiger partial charge on any atom is -0.379 e. The van der Waals surface area contributed by atoms with Crippen LogP contribution in [0.2, 0.25) is 0 Å². The van der Waals surface area contributed by atoms with Gasteiger partial charge in [0.2, 0.25) is 5.95 Å². The zero-order chi connectivity index (χ0) is 18.4. The Morgan fingerprint density at radius 1 is 1.12 bits per heavy atom. The Morgan fingerprint density at radius 3 is 2.65 bits per heavy atom. The van der Waals surface area contributed by atoms with Crippen molar-refractivity contribution in [2.24, 2.45) is 0 Å². The molecule has 9 heteroatoms. The molecule has 1 aliphatic rings. The highest BCUT2D eigenvalue weighted by molar-refractivity contribution is 5.60. The molecule has 0 unspecified atom stereocenters. The number of rotatable bonds is 6. The van der Waals surface area contributed by atoms with Gasteiger partial charge in [-0.05, 0) is 18.2 Å². The molecule has 2 N–H and O–H groups in total. The Balaban J connectivity index is 1.61. The maximum absolute atomic E-state index is 13.1. The Labute approximate surface area is 149 Å². The topological polar surface area (TPSA) is 62.3 Å². The summed E-state index contributed by atoms with van der Waals surface area (Å²) in [5, 5.41) is 5.82. The van der Waals surface area contributed by atoms with Crippen molar-refractivity contribution in [2.45, 2.75) is 6.18 Å². The first-order valence-corrected chi connectivity index (χ1v) is 8.32. The first kappa shape index (κ1) is 18.4. The van der Waals surface area contributed by atoms with Crippen LogP contribution in [-0.4, -0.2) is 54.3 Å². The Hall–Kier alpha value is -2.39. The third kappa shape index (κ3) is 5.06. The minimum atomic E-state index is -4.45. The van der Waals surface area contributed by atoms with Crippen LogP contribution in [0.15, 0.2) is 36.5 Å². The molecule has 0 spiro atoms. The van der Waals surface area contributed by atoms with Gasteiger partial charge in [0.15, 0.2) is 0 Å². The van der Waals surface area contributed by atoms with Crippen molar-refractivity contribution < 1.29 is 17.9 Å². The van der Waals surface area contributed by atoms with Crippen LogP contribution >= 0.6 is 0 Å². The number of hydrogen-bond donors (Lipinski definition) is 2. The van der Waals surface area contributed by atoms with Crippen LogP contribution in [0.25, 0.3) is 0 Å². The lowest BCUT2D eigenvalue weighted by Gasteiger charge is -2.26. The van der Waals surface area contributed by atoms with Crippen LogP contribution in [0.4, 0.5) is 30.6 Å². The Bertz CT molecular complexity index is 720. The lowest BCUT2D eigenvalue weighted by Crippen LogP contribution is -2.39. The van der Waals surface area contributed by atoms with Gasteiger partial charge in [0.25, 0.3) is 0 Å². The average molecular weight is 367 g/mol. The van der Waals surface area contributed by atoms with E-state index < -0.39 is 11.7 Å². The van der Waals surface area contributed by atoms with E-state index in [2.05, 4.69) is 25.5 Å². The van der Waals surface area contributed by atoms with Crippen LogP contribution in [0, 0.1) is 0 Å². The molecule has 1 aromatic heterocycles. The number of halogens is 3. The van der Waals surface area contributed by atoms with Gasteiger partial charge in [-0.25, -0.2) is 4.98 Å². The Kier molecular flexibility index (Phi) is 5.89. The predicted octanol–water partition coefficient (Wildman–Crippen LogP) is 2.98. The zero-order valence-corrected chi connectivity index (χ0v) is 14.1. The smallest absolute Gasteiger partial charge is 0.379 e. The van der Waals surface area contributed by atoms with E-state index in [1.165, 1.54) is 24.4 Å². The third-order valence-electron chi connectivity index (χ3n) is 3.97. The summed E-state index contributed by atoms with van der Waals surface area (Å²) < 4.78 is 44.5. The van der Waals surface area contributed by atoms with Gasteiger partial charge < -0.3 is 15.4 Å². The number of alkyl halides is 3. The largest absolute Gasteiger partial charge is 0.418 e. The van der Waals surface area contributed by atoms with Gasteiger partial charge in [-0.15, -0.1) is 0 Å². The average Bonchev–Trinajstić information content (AvgIpc) is 2.63. The van der Waals surface area contributed by atoms with Gasteiger partial charge in [0, 0.05) is 32.4 Å². The Morgan fingerprint density at radius 2 is 1.88 bits per heavy atom. The van der Waals surface area contributed by atoms with Crippen LogP contribution in [0.1, 0.15) is 5.56 Å². The predicted molar refractivity (Wildman–Crippen MR) is 92.5 cm³/mol. The highest BCUT2D eigenvalue weighted by atomic mass is 19.4. The highest BCUT2D eigenvalue weighted by Crippen LogP contribution is 2.35. The fourth-order valence-corrected chi connectivity index (χ4v) is 2.64. The highest BCUT2D eigenvalue weighted by Gasteiger charge is 2.33. The van der Waals surface area contributed by atoms with E-state index >= 15 is 0 Å². The number of benzene rings is 1. The number of para-hydroxylation sites is 1. The van der Waals surface area contributed by atoms with Crippen molar-refractivity contribution in [1.29, 1.82) is 0 Å². The molecule has 1 aliphatic heterocycles. The summed E-state index contributed by atoms with van der Waals surface area (Å²) in [4.78, 5) is 10.5. The second-order valence-corrected chi connectivity index (χ2v) is 5.81. The number of morpholine rings is 1. The van der Waals surface area contributed by atoms with E-state index in [-0.39, 0.29) is 11.6 Å². The van der Waals surface area contributed by atoms with Gasteiger partial charge in [0.1, 0.15) is 5.82 Å². The first-order chi connectivity index (χ1) is 12.5. The second kappa shape index (κ2) is 8.33. The number of anilines is 3. The van der Waals surface area contributed by atoms with Crippen LogP contribution < -0.4 is 10.6 Å². The van der Waals surface area contributed by atoms with Crippen molar-refractivity contribution in [3.63, 3.8) is 0 Å². The summed E-state index contributed by atoms with van der Waals surface area (Å²) in [6.07, 6.45) is -2.94. The zero-order valence-electron chi connectivity index (χ0n) is 14.1. The molecule has 3 rings (SSSR count). The van der Waals surface area contributed by atoms with Gasteiger partial charge in [-0.2, -0.15) is 18.2 Å². The van der Waals surface area contributed by atoms with Gasteiger partial charge in [-0.1, -0.05) is 12.1 Å². The van der Waals surface area contributed by atoms with Crippen LogP contribution in [-0.2, 0) is 10.9 Å². The molecule has 1 aromatic carbocycles. The molecule has 0 radical (unpaired) electrons. The van der Waals surface area contributed by atoms with E-state index in [1.807, 2.05) is 0 Å². The van der Waals surface area contributed by atoms with Crippen molar-refractivity contribution in [3.8, 4) is 0 Å². The molecule has 2 aromatic rings. The van der Waals surface area contributed by atoms with E-state index in [9.17, 15) is 13.2 Å². The number of ether oxygens (including phenoxy) is 1. The monoisotopic (exact) mass is 367 g/mol. The molecular weight excluding hydrogens is 347 g/mol. The molecule has 0 atom stereocenters. The quantitative estimate of drug-likeness (QED) is 0.819. The van der Waals surface area contributed by atoms with E-state index in [4.69, 9.17) is 4.74 Å². The summed E-state index contributed by atoms with van der Waals surface area (Å²) in [7, 11) is 0. The molecule has 1 saturated heterocycles. The third-order valence-corrected chi connectivity index (χ3v) is 3.97. The number of hydrogen-bond acceptors (Lipinski definition) is 6. The summed E-state index contributed by atoms with van der Waals surface area (Å²) >= 11 is 0. The molecule has 2 heterocycles. The molecule has 0 amide bonds. The summed E-state index contributed by atoms with van der Waals surface area (Å²) in [6.45, 7) is 4.78. The molecule has 0 saturated carbocycles. The van der Waals surface area contributed by atoms with Crippen molar-refractivity contribution in [3.05, 3.63) is 42.1 Å². The molecular formula is C17H20F3N5O. The van der Waals surface area contributed by atoms with E-state index in [0.717, 1.165) is 38.9 Å². The fraction of sp³-hybridized carbons (Fsp3) is 0.412. The lowest BCUT2D eigenvalue weighted by molar-refractivity contribution is -0.136. The minimum absolute atomic E-state index is 0.0783. The van der Waals surface area contributed by atoms with Crippen molar-refractivity contribution in [2.75, 3.05) is 50.0 Å².